The summed E-state index contributed by atoms with van der Waals surface area (Å²) in [5, 5.41) is 27.0. The van der Waals surface area contributed by atoms with Gasteiger partial charge >= 0.3 is 11.9 Å². The molecule has 0 saturated carbocycles. The van der Waals surface area contributed by atoms with Gasteiger partial charge in [-0.15, -0.1) is 0 Å². The highest BCUT2D eigenvalue weighted by atomic mass is 16.4. The summed E-state index contributed by atoms with van der Waals surface area (Å²) >= 11 is 0. The van der Waals surface area contributed by atoms with Gasteiger partial charge in [0.15, 0.2) is 0 Å². The minimum absolute atomic E-state index is 0. The second-order valence-electron chi connectivity index (χ2n) is 10.8. The van der Waals surface area contributed by atoms with Crippen LogP contribution in [0.25, 0.3) is 0 Å². The standard InChI is InChI=1S/C23H44N4O6.CH4/c1-22(2,3)13-15(10-11-18(28)29)19(30)26-16(21(32)33)9-7-8-12-25-20(31)17(14-24)27-23(4,5)6;/h15-17,27H,7-14,24H2,1-6H3,(H,25,31)(H,26,30)(H,28,29)(H,32,33);1H4/t15-,16?,17+;/m1./s1. The van der Waals surface area contributed by atoms with E-state index in [-0.39, 0.29) is 50.1 Å². The van der Waals surface area contributed by atoms with Gasteiger partial charge in [0, 0.05) is 31.0 Å². The van der Waals surface area contributed by atoms with Crippen molar-refractivity contribution < 1.29 is 29.4 Å². The number of hydrogen-bond acceptors (Lipinski definition) is 6. The second kappa shape index (κ2) is 15.7. The molecule has 10 nitrogen and oxygen atoms in total. The van der Waals surface area contributed by atoms with Crippen LogP contribution in [0.15, 0.2) is 0 Å². The smallest absolute Gasteiger partial charge is 0.326 e. The average molecular weight is 489 g/mol. The van der Waals surface area contributed by atoms with E-state index in [9.17, 15) is 24.3 Å². The Kier molecular flexibility index (Phi) is 15.6. The largest absolute Gasteiger partial charge is 0.481 e. The number of nitrogens with one attached hydrogen (secondary N) is 3. The van der Waals surface area contributed by atoms with Crippen LogP contribution in [-0.4, -0.2) is 64.7 Å². The van der Waals surface area contributed by atoms with Crippen LogP contribution >= 0.6 is 0 Å². The van der Waals surface area contributed by atoms with E-state index in [2.05, 4.69) is 16.0 Å². The number of carbonyl (C=O) groups excluding carboxylic acids is 2. The Balaban J connectivity index is 0. The number of carboxylic acids is 2. The van der Waals surface area contributed by atoms with Crippen molar-refractivity contribution in [3.8, 4) is 0 Å². The third-order valence-electron chi connectivity index (χ3n) is 4.93. The molecule has 34 heavy (non-hydrogen) atoms. The van der Waals surface area contributed by atoms with Crippen LogP contribution in [0.4, 0.5) is 0 Å². The van der Waals surface area contributed by atoms with Gasteiger partial charge in [0.25, 0.3) is 0 Å². The van der Waals surface area contributed by atoms with Gasteiger partial charge in [-0.25, -0.2) is 4.79 Å². The van der Waals surface area contributed by atoms with E-state index in [0.717, 1.165) is 0 Å². The highest BCUT2D eigenvalue weighted by Crippen LogP contribution is 2.27. The number of carboxylic acid groups (broad SMARTS) is 2. The van der Waals surface area contributed by atoms with Crippen molar-refractivity contribution in [1.29, 1.82) is 0 Å². The monoisotopic (exact) mass is 488 g/mol. The van der Waals surface area contributed by atoms with Crippen molar-refractivity contribution in [3.63, 3.8) is 0 Å². The summed E-state index contributed by atoms with van der Waals surface area (Å²) in [6, 6.07) is -1.58. The van der Waals surface area contributed by atoms with Crippen LogP contribution in [0.2, 0.25) is 0 Å². The lowest BCUT2D eigenvalue weighted by Gasteiger charge is -2.27. The van der Waals surface area contributed by atoms with Gasteiger partial charge in [-0.3, -0.25) is 14.4 Å². The van der Waals surface area contributed by atoms with Crippen LogP contribution in [0, 0.1) is 11.3 Å². The van der Waals surface area contributed by atoms with Crippen molar-refractivity contribution in [3.05, 3.63) is 0 Å². The number of unbranched alkanes of at least 4 members (excludes halogenated alkanes) is 1. The van der Waals surface area contributed by atoms with Gasteiger partial charge in [0.2, 0.25) is 11.8 Å². The first-order valence-corrected chi connectivity index (χ1v) is 11.6. The van der Waals surface area contributed by atoms with Gasteiger partial charge in [0.1, 0.15) is 6.04 Å². The predicted octanol–water partition coefficient (Wildman–Crippen LogP) is 2.11. The Labute approximate surface area is 204 Å². The van der Waals surface area contributed by atoms with Crippen LogP contribution < -0.4 is 21.7 Å². The first kappa shape index (κ1) is 34.0. The number of rotatable bonds is 15. The van der Waals surface area contributed by atoms with Gasteiger partial charge in [-0.05, 0) is 58.3 Å². The van der Waals surface area contributed by atoms with Crippen LogP contribution in [-0.2, 0) is 19.2 Å². The maximum absolute atomic E-state index is 12.7. The molecule has 0 fully saturated rings. The van der Waals surface area contributed by atoms with Crippen molar-refractivity contribution in [2.45, 2.75) is 105 Å². The maximum Gasteiger partial charge on any atom is 0.326 e. The Morgan fingerprint density at radius 3 is 1.91 bits per heavy atom. The normalized spacial score (nSPS) is 14.3. The third kappa shape index (κ3) is 16.4. The molecule has 0 aromatic rings. The molecule has 0 spiro atoms. The Morgan fingerprint density at radius 1 is 0.882 bits per heavy atom. The summed E-state index contributed by atoms with van der Waals surface area (Å²) in [5.74, 6) is -3.36. The van der Waals surface area contributed by atoms with E-state index in [4.69, 9.17) is 10.8 Å². The first-order chi connectivity index (χ1) is 15.1. The highest BCUT2D eigenvalue weighted by Gasteiger charge is 2.29. The van der Waals surface area contributed by atoms with E-state index in [1.807, 2.05) is 41.5 Å². The van der Waals surface area contributed by atoms with Crippen molar-refractivity contribution in [2.24, 2.45) is 17.1 Å². The molecule has 10 heteroatoms. The molecular formula is C24H48N4O6. The lowest BCUT2D eigenvalue weighted by molar-refractivity contribution is -0.143. The summed E-state index contributed by atoms with van der Waals surface area (Å²) in [6.45, 7) is 12.2. The zero-order chi connectivity index (χ0) is 25.8. The number of nitrogens with two attached hydrogens (primary N) is 1. The molecule has 0 aliphatic heterocycles. The lowest BCUT2D eigenvalue weighted by Crippen LogP contribution is -2.55. The molecule has 1 unspecified atom stereocenters. The van der Waals surface area contributed by atoms with Crippen molar-refractivity contribution in [2.75, 3.05) is 13.1 Å². The second-order valence-corrected chi connectivity index (χ2v) is 10.8. The summed E-state index contributed by atoms with van der Waals surface area (Å²) < 4.78 is 0. The average Bonchev–Trinajstić information content (AvgIpc) is 2.65. The Bertz CT molecular complexity index is 655. The van der Waals surface area contributed by atoms with Crippen molar-refractivity contribution in [1.82, 2.24) is 16.0 Å². The fourth-order valence-electron chi connectivity index (χ4n) is 3.47. The van der Waals surface area contributed by atoms with Crippen molar-refractivity contribution >= 4 is 23.8 Å². The molecule has 7 N–H and O–H groups in total. The van der Waals surface area contributed by atoms with Gasteiger partial charge in [-0.1, -0.05) is 28.2 Å². The maximum atomic E-state index is 12.7. The molecule has 0 radical (unpaired) electrons. The molecule has 0 bridgehead atoms. The predicted molar refractivity (Wildman–Crippen MR) is 133 cm³/mol. The van der Waals surface area contributed by atoms with Gasteiger partial charge in [0.05, 0.1) is 6.04 Å². The molecule has 200 valence electrons. The molecule has 0 aromatic carbocycles. The summed E-state index contributed by atoms with van der Waals surface area (Å²) in [5.41, 5.74) is 5.20. The molecular weight excluding hydrogens is 440 g/mol. The van der Waals surface area contributed by atoms with Crippen LogP contribution in [0.3, 0.4) is 0 Å². The topological polar surface area (TPSA) is 171 Å². The molecule has 2 amide bonds. The van der Waals surface area contributed by atoms with E-state index in [1.54, 1.807) is 0 Å². The quantitative estimate of drug-likeness (QED) is 0.190. The zero-order valence-electron chi connectivity index (χ0n) is 21.0. The zero-order valence-corrected chi connectivity index (χ0v) is 21.0. The summed E-state index contributed by atoms with van der Waals surface area (Å²) in [7, 11) is 0. The molecule has 0 heterocycles. The first-order valence-electron chi connectivity index (χ1n) is 11.6. The molecule has 3 atom stereocenters. The molecule has 0 aliphatic carbocycles. The van der Waals surface area contributed by atoms with E-state index < -0.39 is 35.8 Å². The third-order valence-corrected chi connectivity index (χ3v) is 4.93. The molecule has 0 aromatic heterocycles. The fourth-order valence-corrected chi connectivity index (χ4v) is 3.47. The molecule has 0 rings (SSSR count). The minimum atomic E-state index is -1.14. The van der Waals surface area contributed by atoms with Crippen LogP contribution in [0.1, 0.15) is 87.5 Å². The van der Waals surface area contributed by atoms with Gasteiger partial charge in [-0.2, -0.15) is 0 Å². The van der Waals surface area contributed by atoms with E-state index >= 15 is 0 Å². The minimum Gasteiger partial charge on any atom is -0.481 e. The Hall–Kier alpha value is -2.20. The van der Waals surface area contributed by atoms with E-state index in [0.29, 0.717) is 25.8 Å². The molecule has 0 saturated heterocycles. The SMILES string of the molecule is C.CC(C)(C)C[C@@H](CCC(=O)O)C(=O)NC(CCCCNC(=O)[C@H](CN)NC(C)(C)C)C(=O)O. The summed E-state index contributed by atoms with van der Waals surface area (Å²) in [6.07, 6.45) is 1.69. The fraction of sp³-hybridized carbons (Fsp3) is 0.833. The molecule has 0 aliphatic rings. The number of carbonyl (C=O) groups is 4. The number of aliphatic carboxylic acids is 2. The van der Waals surface area contributed by atoms with Gasteiger partial charge < -0.3 is 31.9 Å². The van der Waals surface area contributed by atoms with E-state index in [1.165, 1.54) is 0 Å². The highest BCUT2D eigenvalue weighted by molar-refractivity contribution is 5.85. The van der Waals surface area contributed by atoms with Crippen LogP contribution in [0.5, 0.6) is 0 Å². The lowest BCUT2D eigenvalue weighted by atomic mass is 9.82. The summed E-state index contributed by atoms with van der Waals surface area (Å²) in [4.78, 5) is 47.5. The Morgan fingerprint density at radius 2 is 1.47 bits per heavy atom. The number of amides is 2. The number of hydrogen-bond donors (Lipinski definition) is 6.